The molecule has 1 aromatic heterocycles. The summed E-state index contributed by atoms with van der Waals surface area (Å²) < 4.78 is 34.5. The second-order valence-corrected chi connectivity index (χ2v) is 6.29. The fraction of sp³-hybridized carbons (Fsp3) is 0. The maximum absolute atomic E-state index is 12.3. The number of nitro groups is 1. The number of non-ortho nitro benzene ring substituents is 1. The quantitative estimate of drug-likeness (QED) is 0.308. The molecule has 0 saturated carbocycles. The molecule has 0 aliphatic carbocycles. The summed E-state index contributed by atoms with van der Waals surface area (Å²) >= 11 is 0. The molecule has 0 unspecified atom stereocenters. The van der Waals surface area contributed by atoms with Crippen molar-refractivity contribution >= 4 is 26.8 Å². The molecule has 0 aliphatic rings. The summed E-state index contributed by atoms with van der Waals surface area (Å²) in [6, 6.07) is 11.3. The number of rotatable bonds is 4. The van der Waals surface area contributed by atoms with Gasteiger partial charge in [0.2, 0.25) is 0 Å². The van der Waals surface area contributed by atoms with Crippen molar-refractivity contribution < 1.29 is 21.9 Å². The molecule has 24 heavy (non-hydrogen) atoms. The van der Waals surface area contributed by atoms with E-state index in [2.05, 4.69) is 0 Å². The zero-order chi connectivity index (χ0) is 17.3. The van der Waals surface area contributed by atoms with Crippen LogP contribution < -0.4 is 9.81 Å². The molecule has 0 amide bonds. The molecule has 122 valence electrons. The summed E-state index contributed by atoms with van der Waals surface area (Å²) in [4.78, 5) is 21.0. The van der Waals surface area contributed by atoms with Gasteiger partial charge in [0.25, 0.3) is 5.69 Å². The summed E-state index contributed by atoms with van der Waals surface area (Å²) in [5, 5.41) is 11.1. The zero-order valence-electron chi connectivity index (χ0n) is 11.9. The van der Waals surface area contributed by atoms with Crippen LogP contribution in [0.2, 0.25) is 0 Å². The number of hydrogen-bond donors (Lipinski definition) is 0. The van der Waals surface area contributed by atoms with Crippen LogP contribution in [-0.2, 0) is 10.1 Å². The first-order valence-corrected chi connectivity index (χ1v) is 7.99. The van der Waals surface area contributed by atoms with Crippen molar-refractivity contribution in [3.8, 4) is 5.75 Å². The Hall–Kier alpha value is -3.20. The van der Waals surface area contributed by atoms with E-state index in [-0.39, 0.29) is 21.9 Å². The van der Waals surface area contributed by atoms with Crippen molar-refractivity contribution in [2.45, 2.75) is 4.90 Å². The van der Waals surface area contributed by atoms with E-state index in [1.54, 1.807) is 0 Å². The van der Waals surface area contributed by atoms with E-state index in [0.717, 1.165) is 6.07 Å². The topological polar surface area (TPSA) is 117 Å². The van der Waals surface area contributed by atoms with Crippen LogP contribution in [-0.4, -0.2) is 13.3 Å². The minimum atomic E-state index is -4.20. The summed E-state index contributed by atoms with van der Waals surface area (Å²) in [6.07, 6.45) is 0. The molecule has 0 atom stereocenters. The summed E-state index contributed by atoms with van der Waals surface area (Å²) in [5.74, 6) is -0.177. The van der Waals surface area contributed by atoms with Gasteiger partial charge < -0.3 is 8.60 Å². The molecular formula is C15H9NO7S. The van der Waals surface area contributed by atoms with Crippen LogP contribution in [0.25, 0.3) is 11.0 Å². The van der Waals surface area contributed by atoms with Gasteiger partial charge in [0.15, 0.2) is 0 Å². The lowest BCUT2D eigenvalue weighted by Gasteiger charge is -2.07. The second-order valence-electron chi connectivity index (χ2n) is 4.75. The Balaban J connectivity index is 1.98. The van der Waals surface area contributed by atoms with Gasteiger partial charge in [0, 0.05) is 17.5 Å². The van der Waals surface area contributed by atoms with E-state index in [4.69, 9.17) is 8.60 Å². The fourth-order valence-electron chi connectivity index (χ4n) is 2.03. The average molecular weight is 347 g/mol. The molecular weight excluding hydrogens is 338 g/mol. The van der Waals surface area contributed by atoms with Crippen LogP contribution in [0.5, 0.6) is 5.75 Å². The van der Waals surface area contributed by atoms with Gasteiger partial charge in [0.05, 0.1) is 11.0 Å². The Kier molecular flexibility index (Phi) is 3.78. The van der Waals surface area contributed by atoms with Crippen molar-refractivity contribution in [2.24, 2.45) is 0 Å². The van der Waals surface area contributed by atoms with Crippen LogP contribution >= 0.6 is 0 Å². The van der Waals surface area contributed by atoms with Gasteiger partial charge in [-0.1, -0.05) is 6.07 Å². The van der Waals surface area contributed by atoms with E-state index in [9.17, 15) is 23.3 Å². The van der Waals surface area contributed by atoms with Gasteiger partial charge in [-0.25, -0.2) is 4.79 Å². The number of fused-ring (bicyclic) bond motifs is 1. The zero-order valence-corrected chi connectivity index (χ0v) is 12.7. The van der Waals surface area contributed by atoms with E-state index in [0.29, 0.717) is 5.39 Å². The van der Waals surface area contributed by atoms with Crippen molar-refractivity contribution in [1.29, 1.82) is 0 Å². The molecule has 0 fully saturated rings. The Labute approximate surface area is 135 Å². The van der Waals surface area contributed by atoms with Crippen molar-refractivity contribution in [2.75, 3.05) is 0 Å². The highest BCUT2D eigenvalue weighted by molar-refractivity contribution is 7.87. The maximum Gasteiger partial charge on any atom is 0.339 e. The van der Waals surface area contributed by atoms with E-state index in [1.807, 2.05) is 0 Å². The minimum Gasteiger partial charge on any atom is -0.423 e. The highest BCUT2D eigenvalue weighted by Gasteiger charge is 2.19. The number of nitrogens with zero attached hydrogens (tertiary/aromatic N) is 1. The lowest BCUT2D eigenvalue weighted by Crippen LogP contribution is -2.10. The number of hydrogen-bond acceptors (Lipinski definition) is 7. The summed E-state index contributed by atoms with van der Waals surface area (Å²) in [5.41, 5.74) is -0.606. The molecule has 8 nitrogen and oxygen atoms in total. The Morgan fingerprint density at radius 1 is 1.04 bits per heavy atom. The SMILES string of the molecule is O=c1ccc2cc(S(=O)(=O)Oc3cccc([N+](=O)[O-])c3)ccc2o1. The van der Waals surface area contributed by atoms with Crippen LogP contribution in [0.4, 0.5) is 5.69 Å². The van der Waals surface area contributed by atoms with Gasteiger partial charge in [-0.2, -0.15) is 8.42 Å². The van der Waals surface area contributed by atoms with Gasteiger partial charge in [-0.15, -0.1) is 0 Å². The third kappa shape index (κ3) is 3.10. The summed E-state index contributed by atoms with van der Waals surface area (Å²) in [7, 11) is -4.20. The molecule has 0 N–H and O–H groups in total. The highest BCUT2D eigenvalue weighted by Crippen LogP contribution is 2.24. The van der Waals surface area contributed by atoms with Crippen LogP contribution in [0.3, 0.4) is 0 Å². The predicted octanol–water partition coefficient (Wildman–Crippen LogP) is 2.47. The molecule has 9 heteroatoms. The predicted molar refractivity (Wildman–Crippen MR) is 83.4 cm³/mol. The molecule has 0 spiro atoms. The Morgan fingerprint density at radius 3 is 2.58 bits per heavy atom. The number of benzene rings is 2. The second kappa shape index (κ2) is 5.78. The van der Waals surface area contributed by atoms with Gasteiger partial charge in [-0.3, -0.25) is 10.1 Å². The first-order chi connectivity index (χ1) is 11.3. The molecule has 2 aromatic carbocycles. The van der Waals surface area contributed by atoms with Crippen molar-refractivity contribution in [3.05, 3.63) is 75.1 Å². The highest BCUT2D eigenvalue weighted by atomic mass is 32.2. The van der Waals surface area contributed by atoms with Crippen LogP contribution in [0.1, 0.15) is 0 Å². The van der Waals surface area contributed by atoms with Gasteiger partial charge in [-0.05, 0) is 30.3 Å². The van der Waals surface area contributed by atoms with Crippen molar-refractivity contribution in [3.63, 3.8) is 0 Å². The largest absolute Gasteiger partial charge is 0.423 e. The third-order valence-electron chi connectivity index (χ3n) is 3.11. The van der Waals surface area contributed by atoms with Gasteiger partial charge >= 0.3 is 15.7 Å². The Bertz CT molecular complexity index is 1100. The lowest BCUT2D eigenvalue weighted by molar-refractivity contribution is -0.384. The smallest absolute Gasteiger partial charge is 0.339 e. The van der Waals surface area contributed by atoms with E-state index < -0.39 is 20.7 Å². The molecule has 3 aromatic rings. The third-order valence-corrected chi connectivity index (χ3v) is 4.36. The van der Waals surface area contributed by atoms with E-state index in [1.165, 1.54) is 48.5 Å². The molecule has 1 heterocycles. The average Bonchev–Trinajstić information content (AvgIpc) is 2.54. The fourth-order valence-corrected chi connectivity index (χ4v) is 2.99. The van der Waals surface area contributed by atoms with Crippen molar-refractivity contribution in [1.82, 2.24) is 0 Å². The van der Waals surface area contributed by atoms with Crippen LogP contribution in [0.15, 0.2) is 68.7 Å². The maximum atomic E-state index is 12.3. The first kappa shape index (κ1) is 15.7. The normalized spacial score (nSPS) is 11.3. The van der Waals surface area contributed by atoms with Crippen LogP contribution in [0, 0.1) is 10.1 Å². The molecule has 0 saturated heterocycles. The van der Waals surface area contributed by atoms with E-state index >= 15 is 0 Å². The molecule has 0 aliphatic heterocycles. The molecule has 0 radical (unpaired) electrons. The van der Waals surface area contributed by atoms with Gasteiger partial charge in [0.1, 0.15) is 16.2 Å². The number of nitro benzene ring substituents is 1. The summed E-state index contributed by atoms with van der Waals surface area (Å²) in [6.45, 7) is 0. The first-order valence-electron chi connectivity index (χ1n) is 6.58. The minimum absolute atomic E-state index is 0.171. The standard InChI is InChI=1S/C15H9NO7S/c17-15-7-4-10-8-13(5-6-14(10)22-15)24(20,21)23-12-3-1-2-11(9-12)16(18)19/h1-9H. The molecule has 3 rings (SSSR count). The Morgan fingerprint density at radius 2 is 1.83 bits per heavy atom. The lowest BCUT2D eigenvalue weighted by atomic mass is 10.2. The molecule has 0 bridgehead atoms. The monoisotopic (exact) mass is 347 g/mol.